The first-order valence-electron chi connectivity index (χ1n) is 8.46. The molecule has 0 spiro atoms. The first-order chi connectivity index (χ1) is 12.0. The lowest BCUT2D eigenvalue weighted by Crippen LogP contribution is -2.16. The molecule has 0 fully saturated rings. The Morgan fingerprint density at radius 3 is 2.64 bits per heavy atom. The van der Waals surface area contributed by atoms with Crippen molar-refractivity contribution in [2.45, 2.75) is 26.8 Å². The number of hydrogen-bond acceptors (Lipinski definition) is 5. The Kier molecular flexibility index (Phi) is 6.83. The molecule has 0 aliphatic heterocycles. The molecular formula is C20H27N3O2. The fourth-order valence-electron chi connectivity index (χ4n) is 2.27. The van der Waals surface area contributed by atoms with Crippen molar-refractivity contribution >= 4 is 5.70 Å². The van der Waals surface area contributed by atoms with Crippen molar-refractivity contribution in [2.24, 2.45) is 11.7 Å². The van der Waals surface area contributed by atoms with Gasteiger partial charge in [0.15, 0.2) is 11.5 Å². The Morgan fingerprint density at radius 2 is 2.04 bits per heavy atom. The summed E-state index contributed by atoms with van der Waals surface area (Å²) in [5.41, 5.74) is 8.05. The van der Waals surface area contributed by atoms with Crippen LogP contribution in [0.4, 0.5) is 0 Å². The number of nitrogens with one attached hydrogen (secondary N) is 1. The smallest absolute Gasteiger partial charge is 0.219 e. The summed E-state index contributed by atoms with van der Waals surface area (Å²) in [6.07, 6.45) is 2.80. The van der Waals surface area contributed by atoms with Gasteiger partial charge in [0.2, 0.25) is 5.88 Å². The maximum absolute atomic E-state index is 5.82. The molecule has 2 aromatic rings. The van der Waals surface area contributed by atoms with E-state index >= 15 is 0 Å². The lowest BCUT2D eigenvalue weighted by Gasteiger charge is -2.12. The van der Waals surface area contributed by atoms with Crippen LogP contribution in [0, 0.1) is 5.92 Å². The average molecular weight is 341 g/mol. The molecule has 5 heteroatoms. The highest BCUT2D eigenvalue weighted by Gasteiger charge is 2.08. The normalized spacial score (nSPS) is 10.7. The monoisotopic (exact) mass is 341 g/mol. The summed E-state index contributed by atoms with van der Waals surface area (Å²) >= 11 is 0. The number of aromatic nitrogens is 1. The van der Waals surface area contributed by atoms with Gasteiger partial charge in [-0.3, -0.25) is 0 Å². The van der Waals surface area contributed by atoms with Crippen LogP contribution in [0.25, 0.3) is 5.70 Å². The van der Waals surface area contributed by atoms with Crippen LogP contribution < -0.4 is 20.5 Å². The molecule has 3 N–H and O–H groups in total. The third-order valence-electron chi connectivity index (χ3n) is 3.78. The molecule has 0 aliphatic carbocycles. The molecule has 25 heavy (non-hydrogen) atoms. The van der Waals surface area contributed by atoms with Gasteiger partial charge in [-0.15, -0.1) is 0 Å². The lowest BCUT2D eigenvalue weighted by molar-refractivity contribution is 0.373. The maximum Gasteiger partial charge on any atom is 0.219 e. The van der Waals surface area contributed by atoms with Crippen molar-refractivity contribution in [1.82, 2.24) is 10.3 Å². The van der Waals surface area contributed by atoms with E-state index in [4.69, 9.17) is 15.2 Å². The number of rotatable bonds is 9. The van der Waals surface area contributed by atoms with E-state index in [1.807, 2.05) is 24.3 Å². The van der Waals surface area contributed by atoms with Gasteiger partial charge < -0.3 is 20.5 Å². The molecule has 0 amide bonds. The van der Waals surface area contributed by atoms with Gasteiger partial charge in [0.1, 0.15) is 0 Å². The first-order valence-corrected chi connectivity index (χ1v) is 8.46. The van der Waals surface area contributed by atoms with Crippen molar-refractivity contribution < 1.29 is 9.47 Å². The van der Waals surface area contributed by atoms with Gasteiger partial charge in [0.05, 0.1) is 7.11 Å². The SMILES string of the molecule is C=C(N)c1ccc(Oc2ccc(CNCCC(C)C)cc2OC)nc1. The fraction of sp³-hybridized carbons (Fsp3) is 0.350. The van der Waals surface area contributed by atoms with Crippen molar-refractivity contribution in [3.05, 3.63) is 54.2 Å². The molecular weight excluding hydrogens is 314 g/mol. The van der Waals surface area contributed by atoms with E-state index in [9.17, 15) is 0 Å². The van der Waals surface area contributed by atoms with Crippen molar-refractivity contribution in [3.63, 3.8) is 0 Å². The summed E-state index contributed by atoms with van der Waals surface area (Å²) in [6, 6.07) is 9.48. The summed E-state index contributed by atoms with van der Waals surface area (Å²) < 4.78 is 11.3. The van der Waals surface area contributed by atoms with Crippen LogP contribution >= 0.6 is 0 Å². The summed E-state index contributed by atoms with van der Waals surface area (Å²) in [5.74, 6) is 2.48. The van der Waals surface area contributed by atoms with Crippen LogP contribution in [-0.4, -0.2) is 18.6 Å². The summed E-state index contributed by atoms with van der Waals surface area (Å²) in [4.78, 5) is 4.24. The quantitative estimate of drug-likeness (QED) is 0.676. The minimum atomic E-state index is 0.478. The molecule has 5 nitrogen and oxygen atoms in total. The molecule has 0 aliphatic rings. The molecule has 0 saturated heterocycles. The zero-order valence-corrected chi connectivity index (χ0v) is 15.2. The highest BCUT2D eigenvalue weighted by molar-refractivity contribution is 5.59. The molecule has 134 valence electrons. The van der Waals surface area contributed by atoms with Crippen molar-refractivity contribution in [2.75, 3.05) is 13.7 Å². The second-order valence-electron chi connectivity index (χ2n) is 6.36. The van der Waals surface area contributed by atoms with Gasteiger partial charge in [-0.1, -0.05) is 26.5 Å². The van der Waals surface area contributed by atoms with Crippen LogP contribution in [0.2, 0.25) is 0 Å². The second-order valence-corrected chi connectivity index (χ2v) is 6.36. The van der Waals surface area contributed by atoms with Gasteiger partial charge in [-0.2, -0.15) is 0 Å². The molecule has 0 radical (unpaired) electrons. The standard InChI is InChI=1S/C20H27N3O2/c1-14(2)9-10-22-12-16-5-7-18(19(11-16)24-4)25-20-8-6-17(13-23-20)15(3)21/h5-8,11,13-14,22H,3,9-10,12,21H2,1-2,4H3. The number of nitrogens with two attached hydrogens (primary N) is 1. The Balaban J connectivity index is 2.02. The van der Waals surface area contributed by atoms with E-state index in [1.54, 1.807) is 19.4 Å². The van der Waals surface area contributed by atoms with Crippen molar-refractivity contribution in [3.8, 4) is 17.4 Å². The Hall–Kier alpha value is -2.53. The molecule has 0 unspecified atom stereocenters. The first kappa shape index (κ1) is 18.8. The van der Waals surface area contributed by atoms with E-state index in [2.05, 4.69) is 30.7 Å². The fourth-order valence-corrected chi connectivity index (χ4v) is 2.27. The third kappa shape index (κ3) is 5.80. The number of methoxy groups -OCH3 is 1. The number of pyridine rings is 1. The Bertz CT molecular complexity index is 697. The van der Waals surface area contributed by atoms with Gasteiger partial charge in [-0.05, 0) is 42.6 Å². The molecule has 0 bridgehead atoms. The maximum atomic E-state index is 5.82. The highest BCUT2D eigenvalue weighted by Crippen LogP contribution is 2.31. The van der Waals surface area contributed by atoms with E-state index < -0.39 is 0 Å². The van der Waals surface area contributed by atoms with Gasteiger partial charge >= 0.3 is 0 Å². The van der Waals surface area contributed by atoms with Crippen LogP contribution in [0.1, 0.15) is 31.4 Å². The van der Waals surface area contributed by atoms with Gasteiger partial charge in [0, 0.05) is 30.1 Å². The highest BCUT2D eigenvalue weighted by atomic mass is 16.5. The number of hydrogen-bond donors (Lipinski definition) is 2. The second kappa shape index (κ2) is 9.08. The third-order valence-corrected chi connectivity index (χ3v) is 3.78. The van der Waals surface area contributed by atoms with E-state index in [1.165, 1.54) is 0 Å². The number of ether oxygens (including phenoxy) is 2. The molecule has 1 heterocycles. The molecule has 1 aromatic heterocycles. The predicted molar refractivity (Wildman–Crippen MR) is 102 cm³/mol. The molecule has 0 saturated carbocycles. The van der Waals surface area contributed by atoms with Gasteiger partial charge in [-0.25, -0.2) is 4.98 Å². The summed E-state index contributed by atoms with van der Waals surface area (Å²) in [7, 11) is 1.63. The minimum Gasteiger partial charge on any atom is -0.493 e. The average Bonchev–Trinajstić information content (AvgIpc) is 2.60. The zero-order valence-electron chi connectivity index (χ0n) is 15.2. The predicted octanol–water partition coefficient (Wildman–Crippen LogP) is 3.95. The van der Waals surface area contributed by atoms with E-state index in [-0.39, 0.29) is 0 Å². The Morgan fingerprint density at radius 1 is 1.24 bits per heavy atom. The zero-order chi connectivity index (χ0) is 18.2. The van der Waals surface area contributed by atoms with E-state index in [0.29, 0.717) is 29.0 Å². The topological polar surface area (TPSA) is 69.4 Å². The van der Waals surface area contributed by atoms with Crippen LogP contribution in [0.15, 0.2) is 43.1 Å². The van der Waals surface area contributed by atoms with Crippen LogP contribution in [0.3, 0.4) is 0 Å². The molecule has 1 aromatic carbocycles. The molecule has 0 atom stereocenters. The van der Waals surface area contributed by atoms with E-state index in [0.717, 1.165) is 30.6 Å². The summed E-state index contributed by atoms with van der Waals surface area (Å²) in [5, 5.41) is 3.44. The summed E-state index contributed by atoms with van der Waals surface area (Å²) in [6.45, 7) is 9.93. The van der Waals surface area contributed by atoms with Crippen molar-refractivity contribution in [1.29, 1.82) is 0 Å². The van der Waals surface area contributed by atoms with Gasteiger partial charge in [0.25, 0.3) is 0 Å². The van der Waals surface area contributed by atoms with Crippen LogP contribution in [0.5, 0.6) is 17.4 Å². The number of benzene rings is 1. The minimum absolute atomic E-state index is 0.478. The van der Waals surface area contributed by atoms with Crippen LogP contribution in [-0.2, 0) is 6.54 Å². The Labute approximate surface area is 149 Å². The number of nitrogens with zero attached hydrogens (tertiary/aromatic N) is 1. The molecule has 2 rings (SSSR count). The largest absolute Gasteiger partial charge is 0.493 e. The lowest BCUT2D eigenvalue weighted by atomic mass is 10.1.